The highest BCUT2D eigenvalue weighted by molar-refractivity contribution is 8.00. The number of anilines is 2. The molecule has 1 heterocycles. The Morgan fingerprint density at radius 1 is 1.47 bits per heavy atom. The van der Waals surface area contributed by atoms with Gasteiger partial charge < -0.3 is 11.5 Å². The van der Waals surface area contributed by atoms with Gasteiger partial charge in [0.15, 0.2) is 0 Å². The van der Waals surface area contributed by atoms with Crippen molar-refractivity contribution >= 4 is 35.1 Å². The van der Waals surface area contributed by atoms with E-state index in [1.165, 1.54) is 11.8 Å². The van der Waals surface area contributed by atoms with E-state index >= 15 is 0 Å². The van der Waals surface area contributed by atoms with Gasteiger partial charge >= 0.3 is 6.03 Å². The van der Waals surface area contributed by atoms with Crippen LogP contribution >= 0.6 is 11.8 Å². The molecule has 1 aliphatic heterocycles. The highest BCUT2D eigenvalue weighted by atomic mass is 32.2. The van der Waals surface area contributed by atoms with E-state index in [4.69, 9.17) is 11.5 Å². The molecule has 6 heteroatoms. The number of hydrogen-bond acceptors (Lipinski definition) is 4. The predicted octanol–water partition coefficient (Wildman–Crippen LogP) is 0.786. The lowest BCUT2D eigenvalue weighted by molar-refractivity contribution is -0.115. The Balaban J connectivity index is 2.55. The average molecular weight is 223 g/mol. The number of amides is 3. The topological polar surface area (TPSA) is 89.4 Å². The molecule has 3 amide bonds. The molecule has 2 rings (SSSR count). The fourth-order valence-electron chi connectivity index (χ4n) is 1.41. The molecule has 0 aliphatic carbocycles. The number of carbonyl (C=O) groups is 2. The molecule has 0 bridgehead atoms. The van der Waals surface area contributed by atoms with E-state index in [1.54, 1.807) is 18.2 Å². The molecule has 0 unspecified atom stereocenters. The highest BCUT2D eigenvalue weighted by Gasteiger charge is 2.28. The summed E-state index contributed by atoms with van der Waals surface area (Å²) in [6.45, 7) is 0. The van der Waals surface area contributed by atoms with Gasteiger partial charge in [0.25, 0.3) is 0 Å². The molecular formula is C9H9N3O2S. The molecule has 0 aromatic heterocycles. The van der Waals surface area contributed by atoms with E-state index in [9.17, 15) is 9.59 Å². The van der Waals surface area contributed by atoms with Crippen molar-refractivity contribution < 1.29 is 9.59 Å². The van der Waals surface area contributed by atoms with Crippen molar-refractivity contribution in [1.29, 1.82) is 0 Å². The van der Waals surface area contributed by atoms with Crippen LogP contribution in [0.3, 0.4) is 0 Å². The largest absolute Gasteiger partial charge is 0.399 e. The van der Waals surface area contributed by atoms with Crippen LogP contribution in [-0.2, 0) is 4.79 Å². The first kappa shape index (κ1) is 9.85. The molecule has 0 radical (unpaired) electrons. The fraction of sp³-hybridized carbons (Fsp3) is 0.111. The maximum atomic E-state index is 11.5. The van der Waals surface area contributed by atoms with Crippen LogP contribution < -0.4 is 16.4 Å². The lowest BCUT2D eigenvalue weighted by Gasteiger charge is -2.25. The second-order valence-corrected chi connectivity index (χ2v) is 4.10. The summed E-state index contributed by atoms with van der Waals surface area (Å²) in [6.07, 6.45) is 0. The number of nitrogens with two attached hydrogens (primary N) is 2. The number of thioether (sulfide) groups is 1. The van der Waals surface area contributed by atoms with Crippen LogP contribution in [0.1, 0.15) is 0 Å². The number of nitrogens with zero attached hydrogens (tertiary/aromatic N) is 1. The number of primary amides is 1. The number of nitrogen functional groups attached to an aromatic ring is 1. The number of benzene rings is 1. The molecule has 15 heavy (non-hydrogen) atoms. The van der Waals surface area contributed by atoms with Crippen molar-refractivity contribution in [3.05, 3.63) is 18.2 Å². The second kappa shape index (κ2) is 3.47. The Hall–Kier alpha value is -1.69. The molecule has 0 saturated carbocycles. The van der Waals surface area contributed by atoms with Gasteiger partial charge in [-0.2, -0.15) is 0 Å². The minimum atomic E-state index is -0.771. The van der Waals surface area contributed by atoms with Gasteiger partial charge in [0.05, 0.1) is 11.4 Å². The van der Waals surface area contributed by atoms with Gasteiger partial charge in [-0.25, -0.2) is 9.69 Å². The van der Waals surface area contributed by atoms with Gasteiger partial charge in [0.1, 0.15) is 0 Å². The third-order valence-corrected chi connectivity index (χ3v) is 3.09. The molecule has 1 aromatic rings. The Labute approximate surface area is 90.4 Å². The summed E-state index contributed by atoms with van der Waals surface area (Å²) in [6, 6.07) is 4.30. The maximum absolute atomic E-state index is 11.5. The number of urea groups is 1. The molecular weight excluding hydrogens is 214 g/mol. The van der Waals surface area contributed by atoms with Crippen LogP contribution in [0.25, 0.3) is 0 Å². The minimum Gasteiger partial charge on any atom is -0.399 e. The van der Waals surface area contributed by atoms with Gasteiger partial charge in [0.2, 0.25) is 5.91 Å². The van der Waals surface area contributed by atoms with Crippen LogP contribution in [0, 0.1) is 0 Å². The van der Waals surface area contributed by atoms with E-state index in [-0.39, 0.29) is 11.7 Å². The summed E-state index contributed by atoms with van der Waals surface area (Å²) in [4.78, 5) is 24.4. The molecule has 1 aromatic carbocycles. The third-order valence-electron chi connectivity index (χ3n) is 2.04. The van der Waals surface area contributed by atoms with E-state index in [1.807, 2.05) is 0 Å². The first-order valence-electron chi connectivity index (χ1n) is 4.24. The lowest BCUT2D eigenvalue weighted by atomic mass is 10.2. The molecule has 4 N–H and O–H groups in total. The van der Waals surface area contributed by atoms with E-state index in [2.05, 4.69) is 0 Å². The van der Waals surface area contributed by atoms with Crippen LogP contribution in [0.4, 0.5) is 16.2 Å². The van der Waals surface area contributed by atoms with Crippen molar-refractivity contribution in [2.45, 2.75) is 4.90 Å². The van der Waals surface area contributed by atoms with Crippen molar-refractivity contribution in [3.8, 4) is 0 Å². The van der Waals surface area contributed by atoms with Crippen molar-refractivity contribution in [2.75, 3.05) is 16.4 Å². The second-order valence-electron chi connectivity index (χ2n) is 3.08. The van der Waals surface area contributed by atoms with Crippen molar-refractivity contribution in [2.24, 2.45) is 5.73 Å². The number of imide groups is 1. The zero-order valence-corrected chi connectivity index (χ0v) is 8.58. The first-order valence-corrected chi connectivity index (χ1v) is 5.23. The van der Waals surface area contributed by atoms with Crippen molar-refractivity contribution in [3.63, 3.8) is 0 Å². The van der Waals surface area contributed by atoms with Gasteiger partial charge in [-0.05, 0) is 18.2 Å². The average Bonchev–Trinajstić information content (AvgIpc) is 2.16. The normalized spacial score (nSPS) is 14.9. The SMILES string of the molecule is NC(=O)N1C(=O)CSc2ccc(N)cc21. The molecule has 0 saturated heterocycles. The Bertz CT molecular complexity index is 447. The summed E-state index contributed by atoms with van der Waals surface area (Å²) in [5, 5.41) is 0. The Kier molecular flexibility index (Phi) is 2.28. The maximum Gasteiger partial charge on any atom is 0.326 e. The molecule has 78 valence electrons. The van der Waals surface area contributed by atoms with Crippen LogP contribution in [0.15, 0.2) is 23.1 Å². The summed E-state index contributed by atoms with van der Waals surface area (Å²) in [5.41, 5.74) is 11.7. The number of fused-ring (bicyclic) bond motifs is 1. The predicted molar refractivity (Wildman–Crippen MR) is 58.6 cm³/mol. The lowest BCUT2D eigenvalue weighted by Crippen LogP contribution is -2.43. The molecule has 5 nitrogen and oxygen atoms in total. The standard InChI is InChI=1S/C9H9N3O2S/c10-5-1-2-7-6(3-5)12(9(11)14)8(13)4-15-7/h1-3H,4,10H2,(H2,11,14). The van der Waals surface area contributed by atoms with Crippen LogP contribution in [-0.4, -0.2) is 17.7 Å². The zero-order valence-electron chi connectivity index (χ0n) is 7.77. The summed E-state index contributed by atoms with van der Waals surface area (Å²) in [7, 11) is 0. The summed E-state index contributed by atoms with van der Waals surface area (Å²) in [5.74, 6) is -0.0922. The molecule has 1 aliphatic rings. The number of rotatable bonds is 0. The zero-order chi connectivity index (χ0) is 11.0. The van der Waals surface area contributed by atoms with Crippen LogP contribution in [0.5, 0.6) is 0 Å². The number of hydrogen-bond donors (Lipinski definition) is 2. The minimum absolute atomic E-state index is 0.222. The van der Waals surface area contributed by atoms with Crippen LogP contribution in [0.2, 0.25) is 0 Å². The van der Waals surface area contributed by atoms with Crippen molar-refractivity contribution in [1.82, 2.24) is 0 Å². The smallest absolute Gasteiger partial charge is 0.326 e. The molecule has 0 fully saturated rings. The third kappa shape index (κ3) is 1.63. The Morgan fingerprint density at radius 2 is 2.20 bits per heavy atom. The van der Waals surface area contributed by atoms with Gasteiger partial charge in [-0.15, -0.1) is 11.8 Å². The summed E-state index contributed by atoms with van der Waals surface area (Å²) >= 11 is 1.37. The fourth-order valence-corrected chi connectivity index (χ4v) is 2.28. The Morgan fingerprint density at radius 3 is 2.87 bits per heavy atom. The molecule has 0 atom stereocenters. The van der Waals surface area contributed by atoms with Gasteiger partial charge in [0, 0.05) is 10.6 Å². The monoisotopic (exact) mass is 223 g/mol. The first-order chi connectivity index (χ1) is 7.09. The number of carbonyl (C=O) groups excluding carboxylic acids is 2. The highest BCUT2D eigenvalue weighted by Crippen LogP contribution is 2.36. The van der Waals surface area contributed by atoms with E-state index in [0.717, 1.165) is 9.80 Å². The van der Waals surface area contributed by atoms with Gasteiger partial charge in [-0.3, -0.25) is 4.79 Å². The van der Waals surface area contributed by atoms with E-state index < -0.39 is 6.03 Å². The molecule has 0 spiro atoms. The quantitative estimate of drug-likeness (QED) is 0.636. The summed E-state index contributed by atoms with van der Waals surface area (Å²) < 4.78 is 0. The van der Waals surface area contributed by atoms with E-state index in [0.29, 0.717) is 11.4 Å². The van der Waals surface area contributed by atoms with Gasteiger partial charge in [-0.1, -0.05) is 0 Å².